The molecule has 6 rings (SSSR count). The number of furan rings is 1. The van der Waals surface area contributed by atoms with Gasteiger partial charge in [0.2, 0.25) is 0 Å². The number of nitrogens with zero attached hydrogens (tertiary/aromatic N) is 1. The second-order valence-electron chi connectivity index (χ2n) is 11.2. The zero-order valence-corrected chi connectivity index (χ0v) is 21.9. The molecule has 0 bridgehead atoms. The summed E-state index contributed by atoms with van der Waals surface area (Å²) < 4.78 is 25.0. The number of fused-ring (bicyclic) bond motifs is 3. The summed E-state index contributed by atoms with van der Waals surface area (Å²) in [4.78, 5) is 13.7. The van der Waals surface area contributed by atoms with Crippen molar-refractivity contribution in [2.75, 3.05) is 20.3 Å². The molecule has 0 aliphatic carbocycles. The van der Waals surface area contributed by atoms with E-state index in [0.717, 1.165) is 48.6 Å². The van der Waals surface area contributed by atoms with Gasteiger partial charge < -0.3 is 28.8 Å². The maximum atomic E-state index is 11.2. The summed E-state index contributed by atoms with van der Waals surface area (Å²) in [7, 11) is 1.67. The molecule has 2 aromatic carbocycles. The molecule has 38 heavy (non-hydrogen) atoms. The second-order valence-corrected chi connectivity index (χ2v) is 11.2. The van der Waals surface area contributed by atoms with Crippen LogP contribution in [-0.4, -0.2) is 52.5 Å². The summed E-state index contributed by atoms with van der Waals surface area (Å²) >= 11 is 0. The SMILES string of the molecule is COc1cccc2c1OC(C)(C)[C@@H]1C[C@]3(CCCN3Cc3ccc(-c4ccc(C(=O)O)c(O)c4)o3)CO[C@@H]21. The fraction of sp³-hybridized carbons (Fsp3) is 0.433. The molecule has 0 unspecified atom stereocenters. The highest BCUT2D eigenvalue weighted by atomic mass is 16.5. The topological polar surface area (TPSA) is 102 Å². The first-order valence-electron chi connectivity index (χ1n) is 13.1. The minimum absolute atomic E-state index is 0.0476. The van der Waals surface area contributed by atoms with Crippen LogP contribution in [0.2, 0.25) is 0 Å². The van der Waals surface area contributed by atoms with Gasteiger partial charge in [-0.05, 0) is 70.0 Å². The van der Waals surface area contributed by atoms with E-state index in [0.29, 0.717) is 24.5 Å². The number of carbonyl (C=O) groups is 1. The van der Waals surface area contributed by atoms with Gasteiger partial charge >= 0.3 is 5.97 Å². The highest BCUT2D eigenvalue weighted by molar-refractivity contribution is 5.91. The van der Waals surface area contributed by atoms with E-state index in [9.17, 15) is 15.0 Å². The zero-order chi connectivity index (χ0) is 26.7. The zero-order valence-electron chi connectivity index (χ0n) is 21.9. The van der Waals surface area contributed by atoms with Crippen LogP contribution in [0.25, 0.3) is 11.3 Å². The van der Waals surface area contributed by atoms with Crippen LogP contribution in [0.3, 0.4) is 0 Å². The number of methoxy groups -OCH3 is 1. The van der Waals surface area contributed by atoms with Gasteiger partial charge in [-0.25, -0.2) is 4.79 Å². The summed E-state index contributed by atoms with van der Waals surface area (Å²) in [6.07, 6.45) is 3.05. The average Bonchev–Trinajstić information content (AvgIpc) is 3.51. The lowest BCUT2D eigenvalue weighted by atomic mass is 9.70. The molecular weight excluding hydrogens is 486 g/mol. The standard InChI is InChI=1S/C30H33NO7/c1-29(2)22-15-30(17-36-26(22)21-6-4-7-25(35-3)27(21)38-29)12-5-13-31(30)16-19-9-11-24(37-19)18-8-10-20(28(33)34)23(32)14-18/h4,6-11,14,22,26,32H,5,12-13,15-17H2,1-3H3,(H,33,34)/t22-,26+,30-/m1/s1. The Morgan fingerprint density at radius 3 is 2.79 bits per heavy atom. The number of para-hydroxylation sites is 1. The molecule has 3 aromatic rings. The molecule has 0 amide bonds. The Kier molecular flexibility index (Phi) is 5.92. The van der Waals surface area contributed by atoms with Crippen molar-refractivity contribution in [3.05, 3.63) is 65.4 Å². The summed E-state index contributed by atoms with van der Waals surface area (Å²) in [5.74, 6) is 1.66. The van der Waals surface area contributed by atoms with Gasteiger partial charge in [0.05, 0.1) is 26.4 Å². The molecule has 2 fully saturated rings. The lowest BCUT2D eigenvalue weighted by Gasteiger charge is -2.53. The Labute approximate surface area is 221 Å². The minimum Gasteiger partial charge on any atom is -0.507 e. The third-order valence-corrected chi connectivity index (χ3v) is 8.55. The molecule has 3 atom stereocenters. The highest BCUT2D eigenvalue weighted by Gasteiger charge is 2.55. The first-order valence-corrected chi connectivity index (χ1v) is 13.1. The van der Waals surface area contributed by atoms with Crippen molar-refractivity contribution >= 4 is 5.97 Å². The van der Waals surface area contributed by atoms with Gasteiger partial charge in [0.1, 0.15) is 28.4 Å². The molecule has 3 aliphatic heterocycles. The van der Waals surface area contributed by atoms with Crippen molar-refractivity contribution in [2.24, 2.45) is 5.92 Å². The number of likely N-dealkylation sites (tertiary alicyclic amines) is 1. The second kappa shape index (κ2) is 9.06. The van der Waals surface area contributed by atoms with E-state index < -0.39 is 11.6 Å². The Morgan fingerprint density at radius 2 is 2.03 bits per heavy atom. The van der Waals surface area contributed by atoms with Gasteiger partial charge in [0.25, 0.3) is 0 Å². The van der Waals surface area contributed by atoms with Crippen LogP contribution in [0.15, 0.2) is 52.9 Å². The normalized spacial score (nSPS) is 26.0. The summed E-state index contributed by atoms with van der Waals surface area (Å²) in [6, 6.07) is 14.3. The van der Waals surface area contributed by atoms with Crippen molar-refractivity contribution in [3.63, 3.8) is 0 Å². The molecule has 2 saturated heterocycles. The molecule has 1 aromatic heterocycles. The predicted octanol–water partition coefficient (Wildman–Crippen LogP) is 5.64. The van der Waals surface area contributed by atoms with Crippen molar-refractivity contribution in [1.82, 2.24) is 4.90 Å². The molecular formula is C30H33NO7. The van der Waals surface area contributed by atoms with Crippen LogP contribution in [0.4, 0.5) is 0 Å². The number of benzene rings is 2. The van der Waals surface area contributed by atoms with Crippen LogP contribution in [0.5, 0.6) is 17.2 Å². The van der Waals surface area contributed by atoms with Crippen molar-refractivity contribution < 1.29 is 33.6 Å². The third-order valence-electron chi connectivity index (χ3n) is 8.55. The summed E-state index contributed by atoms with van der Waals surface area (Å²) in [5, 5.41) is 19.3. The van der Waals surface area contributed by atoms with Crippen LogP contribution < -0.4 is 9.47 Å². The van der Waals surface area contributed by atoms with Gasteiger partial charge in [-0.2, -0.15) is 0 Å². The Balaban J connectivity index is 1.23. The number of carboxylic acid groups (broad SMARTS) is 1. The molecule has 4 heterocycles. The molecule has 200 valence electrons. The quantitative estimate of drug-likeness (QED) is 0.446. The van der Waals surface area contributed by atoms with Crippen LogP contribution in [-0.2, 0) is 11.3 Å². The Bertz CT molecular complexity index is 1380. The predicted molar refractivity (Wildman–Crippen MR) is 140 cm³/mol. The van der Waals surface area contributed by atoms with Gasteiger partial charge in [-0.15, -0.1) is 0 Å². The third kappa shape index (κ3) is 4.03. The largest absolute Gasteiger partial charge is 0.507 e. The van der Waals surface area contributed by atoms with Gasteiger partial charge in [-0.1, -0.05) is 18.2 Å². The van der Waals surface area contributed by atoms with E-state index in [1.165, 1.54) is 12.1 Å². The minimum atomic E-state index is -1.17. The molecule has 2 N–H and O–H groups in total. The average molecular weight is 520 g/mol. The number of aromatic hydroxyl groups is 1. The van der Waals surface area contributed by atoms with Gasteiger partial charge in [0.15, 0.2) is 11.5 Å². The van der Waals surface area contributed by atoms with Gasteiger partial charge in [0, 0.05) is 22.6 Å². The van der Waals surface area contributed by atoms with Crippen LogP contribution in [0, 0.1) is 5.92 Å². The molecule has 0 saturated carbocycles. The highest BCUT2D eigenvalue weighted by Crippen LogP contribution is 2.56. The van der Waals surface area contributed by atoms with E-state index in [4.69, 9.17) is 18.6 Å². The number of phenols is 1. The number of ether oxygens (including phenoxy) is 3. The number of rotatable bonds is 5. The smallest absolute Gasteiger partial charge is 0.339 e. The van der Waals surface area contributed by atoms with Gasteiger partial charge in [-0.3, -0.25) is 4.90 Å². The number of hydrogen-bond donors (Lipinski definition) is 2. The van der Waals surface area contributed by atoms with E-state index in [2.05, 4.69) is 24.8 Å². The molecule has 3 aliphatic rings. The van der Waals surface area contributed by atoms with Crippen LogP contribution in [0.1, 0.15) is 60.9 Å². The number of hydrogen-bond acceptors (Lipinski definition) is 7. The number of carboxylic acids is 1. The lowest BCUT2D eigenvalue weighted by molar-refractivity contribution is -0.168. The molecule has 8 nitrogen and oxygen atoms in total. The first-order chi connectivity index (χ1) is 18.2. The Morgan fingerprint density at radius 1 is 1.18 bits per heavy atom. The van der Waals surface area contributed by atoms with E-state index in [-0.39, 0.29) is 28.9 Å². The maximum Gasteiger partial charge on any atom is 0.339 e. The van der Waals surface area contributed by atoms with E-state index in [1.54, 1.807) is 13.2 Å². The number of aromatic carboxylic acids is 1. The maximum absolute atomic E-state index is 11.2. The van der Waals surface area contributed by atoms with Crippen molar-refractivity contribution in [3.8, 4) is 28.6 Å². The Hall–Kier alpha value is -3.49. The van der Waals surface area contributed by atoms with Crippen molar-refractivity contribution in [1.29, 1.82) is 0 Å². The first kappa shape index (κ1) is 24.8. The van der Waals surface area contributed by atoms with Crippen molar-refractivity contribution in [2.45, 2.75) is 56.9 Å². The van der Waals surface area contributed by atoms with Crippen LogP contribution >= 0.6 is 0 Å². The monoisotopic (exact) mass is 519 g/mol. The molecule has 8 heteroatoms. The fourth-order valence-electron chi connectivity index (χ4n) is 6.53. The van der Waals surface area contributed by atoms with E-state index in [1.807, 2.05) is 24.3 Å². The molecule has 1 spiro atoms. The fourth-order valence-corrected chi connectivity index (χ4v) is 6.53. The van der Waals surface area contributed by atoms with E-state index >= 15 is 0 Å². The summed E-state index contributed by atoms with van der Waals surface area (Å²) in [5.41, 5.74) is 1.03. The molecule has 0 radical (unpaired) electrons. The summed E-state index contributed by atoms with van der Waals surface area (Å²) in [6.45, 7) is 6.53. The lowest BCUT2D eigenvalue weighted by Crippen LogP contribution is -2.58.